The summed E-state index contributed by atoms with van der Waals surface area (Å²) in [7, 11) is 3.99. The molecule has 0 N–H and O–H groups in total. The molecule has 30 heavy (non-hydrogen) atoms. The molecule has 0 aliphatic carbocycles. The van der Waals surface area contributed by atoms with Crippen molar-refractivity contribution in [1.82, 2.24) is 24.7 Å². The van der Waals surface area contributed by atoms with E-state index in [1.165, 1.54) is 0 Å². The molecule has 0 spiro atoms. The number of aryl methyl sites for hydroxylation is 1. The Kier molecular flexibility index (Phi) is 4.56. The van der Waals surface area contributed by atoms with E-state index in [9.17, 15) is 4.79 Å². The predicted molar refractivity (Wildman–Crippen MR) is 116 cm³/mol. The quantitative estimate of drug-likeness (QED) is 0.661. The molecule has 1 aromatic carbocycles. The minimum absolute atomic E-state index is 0.135. The molecule has 2 fully saturated rings. The Morgan fingerprint density at radius 2 is 1.83 bits per heavy atom. The van der Waals surface area contributed by atoms with Gasteiger partial charge in [0.05, 0.1) is 0 Å². The Labute approximate surface area is 176 Å². The summed E-state index contributed by atoms with van der Waals surface area (Å²) in [6.07, 6.45) is 0.801. The lowest BCUT2D eigenvalue weighted by Crippen LogP contribution is -2.33. The van der Waals surface area contributed by atoms with E-state index in [1.807, 2.05) is 64.8 Å². The maximum Gasteiger partial charge on any atom is 0.253 e. The van der Waals surface area contributed by atoms with E-state index in [0.717, 1.165) is 61.1 Å². The highest BCUT2D eigenvalue weighted by Gasteiger charge is 2.42. The first-order chi connectivity index (χ1) is 14.5. The third-order valence-corrected chi connectivity index (χ3v) is 6.34. The molecular formula is C22H27N7O. The number of likely N-dealkylation sites (tertiary alicyclic amines) is 1. The summed E-state index contributed by atoms with van der Waals surface area (Å²) < 4.78 is 1.84. The van der Waals surface area contributed by atoms with Crippen molar-refractivity contribution in [1.29, 1.82) is 0 Å². The number of hydrogen-bond donors (Lipinski definition) is 0. The molecule has 2 unspecified atom stereocenters. The Morgan fingerprint density at radius 1 is 1.07 bits per heavy atom. The molecule has 0 radical (unpaired) electrons. The van der Waals surface area contributed by atoms with Crippen molar-refractivity contribution in [3.05, 3.63) is 47.8 Å². The van der Waals surface area contributed by atoms with Crippen LogP contribution in [0.5, 0.6) is 0 Å². The van der Waals surface area contributed by atoms with Crippen LogP contribution in [0.15, 0.2) is 36.4 Å². The van der Waals surface area contributed by atoms with Crippen LogP contribution in [0.4, 0.5) is 11.5 Å². The molecule has 2 aliphatic rings. The smallest absolute Gasteiger partial charge is 0.253 e. The van der Waals surface area contributed by atoms with Crippen LogP contribution < -0.4 is 9.80 Å². The molecule has 8 heteroatoms. The third kappa shape index (κ3) is 3.16. The summed E-state index contributed by atoms with van der Waals surface area (Å²) in [4.78, 5) is 19.4. The van der Waals surface area contributed by atoms with Crippen LogP contribution in [-0.4, -0.2) is 70.9 Å². The monoisotopic (exact) mass is 405 g/mol. The SMILES string of the molecule is CCc1nnc2ccc(N3CC4CN(C(=O)c5cccc(N(C)C)c5)CC4C3)nn12. The van der Waals surface area contributed by atoms with Gasteiger partial charge in [-0.15, -0.1) is 15.3 Å². The molecule has 5 rings (SSSR count). The van der Waals surface area contributed by atoms with Crippen molar-refractivity contribution in [2.24, 2.45) is 11.8 Å². The largest absolute Gasteiger partial charge is 0.378 e. The maximum atomic E-state index is 13.1. The predicted octanol–water partition coefficient (Wildman–Crippen LogP) is 1.96. The van der Waals surface area contributed by atoms with Crippen LogP contribution >= 0.6 is 0 Å². The number of fused-ring (bicyclic) bond motifs is 2. The standard InChI is InChI=1S/C22H27N7O/c1-4-19-23-24-20-8-9-21(25-29(19)20)27-11-16-13-28(14-17(16)12-27)22(30)15-6-5-7-18(10-15)26(2)3/h5-10,16-17H,4,11-14H2,1-3H3. The molecule has 3 aromatic rings. The van der Waals surface area contributed by atoms with Crippen molar-refractivity contribution in [2.45, 2.75) is 13.3 Å². The van der Waals surface area contributed by atoms with Crippen LogP contribution in [0, 0.1) is 11.8 Å². The number of hydrogen-bond acceptors (Lipinski definition) is 6. The van der Waals surface area contributed by atoms with Crippen molar-refractivity contribution >= 4 is 23.1 Å². The molecule has 2 aliphatic heterocycles. The number of amides is 1. The van der Waals surface area contributed by atoms with E-state index >= 15 is 0 Å². The second kappa shape index (κ2) is 7.27. The van der Waals surface area contributed by atoms with Crippen molar-refractivity contribution in [3.8, 4) is 0 Å². The summed E-state index contributed by atoms with van der Waals surface area (Å²) in [5.74, 6) is 2.94. The van der Waals surface area contributed by atoms with Crippen molar-refractivity contribution in [2.75, 3.05) is 50.1 Å². The van der Waals surface area contributed by atoms with Gasteiger partial charge >= 0.3 is 0 Å². The molecule has 8 nitrogen and oxygen atoms in total. The van der Waals surface area contributed by atoms with E-state index in [1.54, 1.807) is 0 Å². The Morgan fingerprint density at radius 3 is 2.53 bits per heavy atom. The average molecular weight is 406 g/mol. The van der Waals surface area contributed by atoms with Crippen LogP contribution in [0.25, 0.3) is 5.65 Å². The zero-order chi connectivity index (χ0) is 20.8. The number of carbonyl (C=O) groups excluding carboxylic acids is 1. The van der Waals surface area contributed by atoms with Gasteiger partial charge in [-0.2, -0.15) is 4.52 Å². The first-order valence-corrected chi connectivity index (χ1v) is 10.6. The molecule has 1 amide bonds. The van der Waals surface area contributed by atoms with E-state index in [0.29, 0.717) is 11.8 Å². The first kappa shape index (κ1) is 18.8. The van der Waals surface area contributed by atoms with Crippen molar-refractivity contribution in [3.63, 3.8) is 0 Å². The third-order valence-electron chi connectivity index (χ3n) is 6.34. The highest BCUT2D eigenvalue weighted by molar-refractivity contribution is 5.95. The fraction of sp³-hybridized carbons (Fsp3) is 0.455. The van der Waals surface area contributed by atoms with Crippen molar-refractivity contribution < 1.29 is 4.79 Å². The number of carbonyl (C=O) groups is 1. The van der Waals surface area contributed by atoms with E-state index in [2.05, 4.69) is 22.0 Å². The molecule has 0 bridgehead atoms. The van der Waals surface area contributed by atoms with Gasteiger partial charge in [0.25, 0.3) is 5.91 Å². The van der Waals surface area contributed by atoms with Gasteiger partial charge in [-0.05, 0) is 30.3 Å². The summed E-state index contributed by atoms with van der Waals surface area (Å²) in [6, 6.07) is 11.9. The fourth-order valence-electron chi connectivity index (χ4n) is 4.66. The van der Waals surface area contributed by atoms with E-state index < -0.39 is 0 Å². The normalized spacial score (nSPS) is 20.8. The van der Waals surface area contributed by atoms with Crippen LogP contribution in [0.1, 0.15) is 23.1 Å². The molecule has 156 valence electrons. The van der Waals surface area contributed by atoms with Gasteiger partial charge in [0.1, 0.15) is 5.82 Å². The Hall–Kier alpha value is -3.16. The zero-order valence-electron chi connectivity index (χ0n) is 17.7. The topological polar surface area (TPSA) is 69.9 Å². The van der Waals surface area contributed by atoms with E-state index in [-0.39, 0.29) is 5.91 Å². The number of aromatic nitrogens is 4. The second-order valence-electron chi connectivity index (χ2n) is 8.51. The van der Waals surface area contributed by atoms with Crippen LogP contribution in [0.3, 0.4) is 0 Å². The maximum absolute atomic E-state index is 13.1. The number of nitrogens with zero attached hydrogens (tertiary/aromatic N) is 7. The van der Waals surface area contributed by atoms with Gasteiger partial charge in [-0.1, -0.05) is 13.0 Å². The molecule has 2 aromatic heterocycles. The lowest BCUT2D eigenvalue weighted by Gasteiger charge is -2.23. The van der Waals surface area contributed by atoms with Gasteiger partial charge in [0, 0.05) is 69.8 Å². The molecule has 2 saturated heterocycles. The lowest BCUT2D eigenvalue weighted by molar-refractivity contribution is 0.0782. The Balaban J connectivity index is 1.28. The van der Waals surface area contributed by atoms with Crippen LogP contribution in [-0.2, 0) is 6.42 Å². The summed E-state index contributed by atoms with van der Waals surface area (Å²) >= 11 is 0. The number of rotatable bonds is 4. The summed E-state index contributed by atoms with van der Waals surface area (Å²) in [5.41, 5.74) is 2.60. The highest BCUT2D eigenvalue weighted by Crippen LogP contribution is 2.34. The summed E-state index contributed by atoms with van der Waals surface area (Å²) in [5, 5.41) is 13.1. The van der Waals surface area contributed by atoms with E-state index in [4.69, 9.17) is 5.10 Å². The van der Waals surface area contributed by atoms with Crippen LogP contribution in [0.2, 0.25) is 0 Å². The second-order valence-corrected chi connectivity index (χ2v) is 8.51. The highest BCUT2D eigenvalue weighted by atomic mass is 16.2. The minimum atomic E-state index is 0.135. The van der Waals surface area contributed by atoms with Gasteiger partial charge in [-0.25, -0.2) is 0 Å². The Bertz CT molecular complexity index is 1080. The average Bonchev–Trinajstić information content (AvgIpc) is 3.45. The van der Waals surface area contributed by atoms with Gasteiger partial charge in [0.2, 0.25) is 0 Å². The number of benzene rings is 1. The molecule has 4 heterocycles. The van der Waals surface area contributed by atoms with Gasteiger partial charge < -0.3 is 14.7 Å². The molecule has 2 atom stereocenters. The minimum Gasteiger partial charge on any atom is -0.378 e. The molecular weight excluding hydrogens is 378 g/mol. The van der Waals surface area contributed by atoms with Gasteiger partial charge in [0.15, 0.2) is 11.5 Å². The zero-order valence-corrected chi connectivity index (χ0v) is 17.7. The lowest BCUT2D eigenvalue weighted by atomic mass is 10.0. The molecule has 0 saturated carbocycles. The number of anilines is 2. The fourth-order valence-corrected chi connectivity index (χ4v) is 4.66. The first-order valence-electron chi connectivity index (χ1n) is 10.6. The summed E-state index contributed by atoms with van der Waals surface area (Å²) in [6.45, 7) is 5.52. The van der Waals surface area contributed by atoms with Gasteiger partial charge in [-0.3, -0.25) is 4.79 Å².